The predicted octanol–water partition coefficient (Wildman–Crippen LogP) is 1.19. The standard InChI is InChI=1S/C20H19ClN6O4/c1-24-17-16(18(28)25(2)20(24)30)26(12-22-17)7-8-31-19(29)14-9-23-27(11-14)10-13-5-3-4-6-15(13)21/h3-6,9,11-12H,7-8,10H2,1-2H3. The van der Waals surface area contributed by atoms with Crippen molar-refractivity contribution in [1.82, 2.24) is 28.5 Å². The lowest BCUT2D eigenvalue weighted by Crippen LogP contribution is -2.37. The summed E-state index contributed by atoms with van der Waals surface area (Å²) < 4.78 is 10.8. The molecule has 0 aliphatic rings. The summed E-state index contributed by atoms with van der Waals surface area (Å²) in [7, 11) is 2.95. The first-order chi connectivity index (χ1) is 14.9. The molecule has 160 valence electrons. The number of halogens is 1. The number of ether oxygens (including phenoxy) is 1. The minimum atomic E-state index is -0.532. The molecule has 0 saturated heterocycles. The molecular weight excluding hydrogens is 424 g/mol. The maximum absolute atomic E-state index is 12.4. The van der Waals surface area contributed by atoms with Crippen molar-refractivity contribution in [2.45, 2.75) is 13.1 Å². The van der Waals surface area contributed by atoms with E-state index in [9.17, 15) is 14.4 Å². The van der Waals surface area contributed by atoms with Crippen molar-refractivity contribution in [3.05, 3.63) is 80.0 Å². The van der Waals surface area contributed by atoms with Crippen LogP contribution in [0.25, 0.3) is 11.2 Å². The molecule has 0 amide bonds. The highest BCUT2D eigenvalue weighted by molar-refractivity contribution is 6.31. The highest BCUT2D eigenvalue weighted by atomic mass is 35.5. The fourth-order valence-electron chi connectivity index (χ4n) is 3.24. The Hall–Kier alpha value is -3.66. The normalized spacial score (nSPS) is 11.2. The van der Waals surface area contributed by atoms with Crippen LogP contribution in [0.4, 0.5) is 0 Å². The molecule has 11 heteroatoms. The van der Waals surface area contributed by atoms with Crippen LogP contribution in [-0.4, -0.2) is 41.0 Å². The second-order valence-corrected chi connectivity index (χ2v) is 7.38. The lowest BCUT2D eigenvalue weighted by Gasteiger charge is -2.07. The molecule has 0 spiro atoms. The average Bonchev–Trinajstić information content (AvgIpc) is 3.40. The Morgan fingerprint density at radius 2 is 1.94 bits per heavy atom. The van der Waals surface area contributed by atoms with Gasteiger partial charge < -0.3 is 9.30 Å². The molecule has 0 atom stereocenters. The quantitative estimate of drug-likeness (QED) is 0.415. The second-order valence-electron chi connectivity index (χ2n) is 6.97. The van der Waals surface area contributed by atoms with Crippen LogP contribution in [-0.2, 0) is 31.9 Å². The largest absolute Gasteiger partial charge is 0.460 e. The Kier molecular flexibility index (Phi) is 5.47. The fraction of sp³-hybridized carbons (Fsp3) is 0.250. The van der Waals surface area contributed by atoms with E-state index in [1.165, 1.54) is 24.1 Å². The monoisotopic (exact) mass is 442 g/mol. The van der Waals surface area contributed by atoms with E-state index >= 15 is 0 Å². The van der Waals surface area contributed by atoms with Gasteiger partial charge in [-0.25, -0.2) is 14.6 Å². The van der Waals surface area contributed by atoms with Crippen LogP contribution in [0.5, 0.6) is 0 Å². The van der Waals surface area contributed by atoms with Gasteiger partial charge in [0.2, 0.25) is 0 Å². The van der Waals surface area contributed by atoms with Crippen LogP contribution in [0, 0.1) is 0 Å². The highest BCUT2D eigenvalue weighted by Crippen LogP contribution is 2.16. The van der Waals surface area contributed by atoms with E-state index < -0.39 is 17.2 Å². The molecule has 0 fully saturated rings. The number of aryl methyl sites for hydroxylation is 1. The van der Waals surface area contributed by atoms with Gasteiger partial charge in [0.05, 0.1) is 31.2 Å². The van der Waals surface area contributed by atoms with Crippen molar-refractivity contribution < 1.29 is 9.53 Å². The van der Waals surface area contributed by atoms with Crippen LogP contribution in [0.2, 0.25) is 5.02 Å². The topological polar surface area (TPSA) is 106 Å². The summed E-state index contributed by atoms with van der Waals surface area (Å²) in [6.45, 7) is 0.658. The Labute approximate surface area is 180 Å². The van der Waals surface area contributed by atoms with Gasteiger partial charge in [0, 0.05) is 25.3 Å². The van der Waals surface area contributed by atoms with Crippen LogP contribution in [0.3, 0.4) is 0 Å². The van der Waals surface area contributed by atoms with E-state index in [0.717, 1.165) is 10.1 Å². The van der Waals surface area contributed by atoms with Gasteiger partial charge in [0.25, 0.3) is 5.56 Å². The number of rotatable bonds is 6. The summed E-state index contributed by atoms with van der Waals surface area (Å²) in [6, 6.07) is 7.40. The van der Waals surface area contributed by atoms with Crippen molar-refractivity contribution >= 4 is 28.7 Å². The summed E-state index contributed by atoms with van der Waals surface area (Å²) in [5.41, 5.74) is 0.829. The number of hydrogen-bond donors (Lipinski definition) is 0. The van der Waals surface area contributed by atoms with E-state index in [1.54, 1.807) is 28.6 Å². The van der Waals surface area contributed by atoms with Gasteiger partial charge in [-0.05, 0) is 11.6 Å². The number of imidazole rings is 1. The van der Waals surface area contributed by atoms with E-state index in [0.29, 0.717) is 17.1 Å². The molecule has 0 aliphatic heterocycles. The number of fused-ring (bicyclic) bond motifs is 1. The lowest BCUT2D eigenvalue weighted by molar-refractivity contribution is 0.0492. The van der Waals surface area contributed by atoms with Gasteiger partial charge in [0.15, 0.2) is 11.2 Å². The first-order valence-corrected chi connectivity index (χ1v) is 9.78. The molecule has 1 aromatic carbocycles. The highest BCUT2D eigenvalue weighted by Gasteiger charge is 2.15. The van der Waals surface area contributed by atoms with Crippen molar-refractivity contribution in [3.63, 3.8) is 0 Å². The average molecular weight is 443 g/mol. The summed E-state index contributed by atoms with van der Waals surface area (Å²) in [6.07, 6.45) is 4.46. The van der Waals surface area contributed by atoms with E-state index in [2.05, 4.69) is 10.1 Å². The number of carbonyl (C=O) groups excluding carboxylic acids is 1. The zero-order valence-electron chi connectivity index (χ0n) is 16.9. The van der Waals surface area contributed by atoms with E-state index in [-0.39, 0.29) is 24.3 Å². The molecule has 0 unspecified atom stereocenters. The molecule has 0 radical (unpaired) electrons. The fourth-order valence-corrected chi connectivity index (χ4v) is 3.44. The number of nitrogens with zero attached hydrogens (tertiary/aromatic N) is 6. The third-order valence-electron chi connectivity index (χ3n) is 4.94. The minimum Gasteiger partial charge on any atom is -0.460 e. The number of aromatic nitrogens is 6. The molecule has 3 aromatic heterocycles. The van der Waals surface area contributed by atoms with Crippen molar-refractivity contribution in [1.29, 1.82) is 0 Å². The Balaban J connectivity index is 1.43. The first-order valence-electron chi connectivity index (χ1n) is 9.40. The summed E-state index contributed by atoms with van der Waals surface area (Å²) in [5.74, 6) is -0.532. The number of hydrogen-bond acceptors (Lipinski definition) is 6. The Bertz CT molecular complexity index is 1400. The molecule has 0 N–H and O–H groups in total. The molecule has 10 nitrogen and oxygen atoms in total. The van der Waals surface area contributed by atoms with Crippen molar-refractivity contribution in [2.75, 3.05) is 6.61 Å². The Morgan fingerprint density at radius 3 is 2.71 bits per heavy atom. The summed E-state index contributed by atoms with van der Waals surface area (Å²) in [4.78, 5) is 40.9. The number of esters is 1. The Morgan fingerprint density at radius 1 is 1.16 bits per heavy atom. The van der Waals surface area contributed by atoms with Gasteiger partial charge >= 0.3 is 11.7 Å². The lowest BCUT2D eigenvalue weighted by atomic mass is 10.2. The predicted molar refractivity (Wildman–Crippen MR) is 113 cm³/mol. The molecule has 0 aliphatic carbocycles. The van der Waals surface area contributed by atoms with Crippen LogP contribution < -0.4 is 11.2 Å². The van der Waals surface area contributed by atoms with Gasteiger partial charge in [-0.1, -0.05) is 29.8 Å². The van der Waals surface area contributed by atoms with Gasteiger partial charge in [-0.3, -0.25) is 18.6 Å². The minimum absolute atomic E-state index is 0.0198. The zero-order valence-corrected chi connectivity index (χ0v) is 17.6. The summed E-state index contributed by atoms with van der Waals surface area (Å²) in [5, 5.41) is 4.80. The maximum Gasteiger partial charge on any atom is 0.341 e. The van der Waals surface area contributed by atoms with Crippen LogP contribution in [0.15, 0.2) is 52.6 Å². The molecule has 4 aromatic rings. The SMILES string of the molecule is Cn1c(=O)c2c(ncn2CCOC(=O)c2cnn(Cc3ccccc3Cl)c2)n(C)c1=O. The van der Waals surface area contributed by atoms with Gasteiger partial charge in [0.1, 0.15) is 6.61 Å². The smallest absolute Gasteiger partial charge is 0.341 e. The van der Waals surface area contributed by atoms with Crippen LogP contribution in [0.1, 0.15) is 15.9 Å². The maximum atomic E-state index is 12.4. The third-order valence-corrected chi connectivity index (χ3v) is 5.31. The van der Waals surface area contributed by atoms with Crippen LogP contribution >= 0.6 is 11.6 Å². The molecule has 31 heavy (non-hydrogen) atoms. The second kappa shape index (κ2) is 8.23. The van der Waals surface area contributed by atoms with E-state index in [1.807, 2.05) is 18.2 Å². The van der Waals surface area contributed by atoms with Gasteiger partial charge in [-0.2, -0.15) is 5.10 Å². The van der Waals surface area contributed by atoms with E-state index in [4.69, 9.17) is 16.3 Å². The zero-order chi connectivity index (χ0) is 22.1. The molecule has 4 rings (SSSR count). The first kappa shape index (κ1) is 20.6. The van der Waals surface area contributed by atoms with Crippen molar-refractivity contribution in [3.8, 4) is 0 Å². The molecule has 0 saturated carbocycles. The summed E-state index contributed by atoms with van der Waals surface area (Å²) >= 11 is 6.16. The molecule has 0 bridgehead atoms. The number of benzene rings is 1. The third kappa shape index (κ3) is 3.89. The number of carbonyl (C=O) groups is 1. The van der Waals surface area contributed by atoms with Crippen molar-refractivity contribution in [2.24, 2.45) is 14.1 Å². The van der Waals surface area contributed by atoms with Gasteiger partial charge in [-0.15, -0.1) is 0 Å². The molecular formula is C20H19ClN6O4. The molecule has 3 heterocycles.